The fourth-order valence-corrected chi connectivity index (χ4v) is 2.87. The second-order valence-corrected chi connectivity index (χ2v) is 5.38. The summed E-state index contributed by atoms with van der Waals surface area (Å²) >= 11 is 0. The topological polar surface area (TPSA) is 26.3 Å². The summed E-state index contributed by atoms with van der Waals surface area (Å²) < 4.78 is 4.94. The summed E-state index contributed by atoms with van der Waals surface area (Å²) in [7, 11) is 1.44. The van der Waals surface area contributed by atoms with Gasteiger partial charge in [0.1, 0.15) is 0 Å². The molecule has 0 unspecified atom stereocenters. The third-order valence-corrected chi connectivity index (χ3v) is 4.00. The first-order valence-electron chi connectivity index (χ1n) is 7.00. The van der Waals surface area contributed by atoms with Crippen molar-refractivity contribution in [3.63, 3.8) is 0 Å². The average Bonchev–Trinajstić information content (AvgIpc) is 2.93. The Bertz CT molecular complexity index is 654. The molecular weight excluding hydrogens is 248 g/mol. The fourth-order valence-electron chi connectivity index (χ4n) is 2.87. The zero-order valence-corrected chi connectivity index (χ0v) is 11.9. The second-order valence-electron chi connectivity index (χ2n) is 5.38. The lowest BCUT2D eigenvalue weighted by molar-refractivity contribution is 0.0601. The van der Waals surface area contributed by atoms with Crippen molar-refractivity contribution in [2.75, 3.05) is 7.11 Å². The van der Waals surface area contributed by atoms with E-state index in [2.05, 4.69) is 37.3 Å². The van der Waals surface area contributed by atoms with Crippen molar-refractivity contribution in [2.45, 2.75) is 26.2 Å². The van der Waals surface area contributed by atoms with Gasteiger partial charge >= 0.3 is 5.97 Å². The van der Waals surface area contributed by atoms with Gasteiger partial charge in [-0.05, 0) is 54.5 Å². The summed E-state index contributed by atoms with van der Waals surface area (Å²) in [4.78, 5) is 12.1. The number of methoxy groups -OCH3 is 1. The Morgan fingerprint density at radius 3 is 2.35 bits per heavy atom. The number of ether oxygens (including phenoxy) is 1. The first kappa shape index (κ1) is 12.9. The molecule has 2 aromatic rings. The number of fused-ring (bicyclic) bond motifs is 1. The van der Waals surface area contributed by atoms with Crippen LogP contribution in [0.1, 0.15) is 33.5 Å². The van der Waals surface area contributed by atoms with Crippen molar-refractivity contribution in [1.82, 2.24) is 0 Å². The fraction of sp³-hybridized carbons (Fsp3) is 0.278. The lowest BCUT2D eigenvalue weighted by Gasteiger charge is -2.12. The molecule has 0 saturated heterocycles. The summed E-state index contributed by atoms with van der Waals surface area (Å²) in [6, 6.07) is 12.5. The first-order chi connectivity index (χ1) is 9.69. The molecule has 0 aliphatic heterocycles. The maximum Gasteiger partial charge on any atom is 0.338 e. The number of carbonyl (C=O) groups is 1. The normalized spacial score (nSPS) is 13.1. The minimum Gasteiger partial charge on any atom is -0.465 e. The minimum atomic E-state index is -0.254. The summed E-state index contributed by atoms with van der Waals surface area (Å²) in [6.07, 6.45) is 3.34. The van der Waals surface area contributed by atoms with Crippen LogP contribution in [0.5, 0.6) is 0 Å². The maximum atomic E-state index is 12.1. The van der Waals surface area contributed by atoms with Crippen LogP contribution in [0.2, 0.25) is 0 Å². The highest BCUT2D eigenvalue weighted by Crippen LogP contribution is 2.32. The molecule has 20 heavy (non-hydrogen) atoms. The Kier molecular flexibility index (Phi) is 3.31. The Hall–Kier alpha value is -2.09. The molecule has 0 bridgehead atoms. The van der Waals surface area contributed by atoms with Gasteiger partial charge in [-0.25, -0.2) is 4.79 Å². The number of benzene rings is 2. The van der Waals surface area contributed by atoms with Crippen LogP contribution >= 0.6 is 0 Å². The molecule has 1 aliphatic rings. The van der Waals surface area contributed by atoms with E-state index in [0.717, 1.165) is 24.0 Å². The van der Waals surface area contributed by atoms with Crippen molar-refractivity contribution in [1.29, 1.82) is 0 Å². The molecule has 0 radical (unpaired) electrons. The van der Waals surface area contributed by atoms with Gasteiger partial charge in [0.05, 0.1) is 12.7 Å². The van der Waals surface area contributed by atoms with Gasteiger partial charge in [0.25, 0.3) is 0 Å². The third kappa shape index (κ3) is 2.22. The Labute approximate surface area is 119 Å². The Morgan fingerprint density at radius 2 is 1.70 bits per heavy atom. The predicted molar refractivity (Wildman–Crippen MR) is 80.0 cm³/mol. The molecule has 1 aliphatic carbocycles. The standard InChI is InChI=1S/C18H18O2/c1-12-6-8-13(9-7-12)16-10-14-4-3-5-15(14)11-17(16)18(19)20-2/h6-11H,3-5H2,1-2H3. The highest BCUT2D eigenvalue weighted by atomic mass is 16.5. The van der Waals surface area contributed by atoms with Crippen molar-refractivity contribution >= 4 is 5.97 Å². The summed E-state index contributed by atoms with van der Waals surface area (Å²) in [5, 5.41) is 0. The summed E-state index contributed by atoms with van der Waals surface area (Å²) in [5.41, 5.74) is 6.62. The van der Waals surface area contributed by atoms with E-state index >= 15 is 0 Å². The van der Waals surface area contributed by atoms with Crippen molar-refractivity contribution < 1.29 is 9.53 Å². The van der Waals surface area contributed by atoms with Crippen LogP contribution in [0.3, 0.4) is 0 Å². The Balaban J connectivity index is 2.17. The van der Waals surface area contributed by atoms with Crippen molar-refractivity contribution in [2.24, 2.45) is 0 Å². The molecule has 0 saturated carbocycles. The highest BCUT2D eigenvalue weighted by molar-refractivity contribution is 5.97. The molecule has 0 N–H and O–H groups in total. The van der Waals surface area contributed by atoms with Gasteiger partial charge in [-0.15, -0.1) is 0 Å². The van der Waals surface area contributed by atoms with Gasteiger partial charge in [0, 0.05) is 0 Å². The van der Waals surface area contributed by atoms with Crippen molar-refractivity contribution in [3.05, 3.63) is 58.7 Å². The number of hydrogen-bond donors (Lipinski definition) is 0. The van der Waals surface area contributed by atoms with Crippen LogP contribution < -0.4 is 0 Å². The number of carbonyl (C=O) groups excluding carboxylic acids is 1. The molecule has 0 heterocycles. The van der Waals surface area contributed by atoms with E-state index in [1.54, 1.807) is 0 Å². The molecule has 3 rings (SSSR count). The largest absolute Gasteiger partial charge is 0.465 e. The zero-order chi connectivity index (χ0) is 14.1. The van der Waals surface area contributed by atoms with Crippen LogP contribution in [0.15, 0.2) is 36.4 Å². The smallest absolute Gasteiger partial charge is 0.338 e. The van der Waals surface area contributed by atoms with Gasteiger partial charge in [-0.1, -0.05) is 35.9 Å². The van der Waals surface area contributed by atoms with Crippen LogP contribution in [-0.2, 0) is 17.6 Å². The SMILES string of the molecule is COC(=O)c1cc2c(cc1-c1ccc(C)cc1)CCC2. The van der Waals surface area contributed by atoms with Gasteiger partial charge in [-0.2, -0.15) is 0 Å². The third-order valence-electron chi connectivity index (χ3n) is 4.00. The van der Waals surface area contributed by atoms with Crippen molar-refractivity contribution in [3.8, 4) is 11.1 Å². The van der Waals surface area contributed by atoms with E-state index in [0.29, 0.717) is 5.56 Å². The second kappa shape index (κ2) is 5.12. The summed E-state index contributed by atoms with van der Waals surface area (Å²) in [6.45, 7) is 2.06. The van der Waals surface area contributed by atoms with E-state index in [4.69, 9.17) is 4.74 Å². The van der Waals surface area contributed by atoms with Crippen LogP contribution in [0.4, 0.5) is 0 Å². The molecule has 0 spiro atoms. The van der Waals surface area contributed by atoms with Gasteiger partial charge in [0.2, 0.25) is 0 Å². The number of hydrogen-bond acceptors (Lipinski definition) is 2. The number of rotatable bonds is 2. The molecule has 2 nitrogen and oxygen atoms in total. The van der Waals surface area contributed by atoms with Gasteiger partial charge in [-0.3, -0.25) is 0 Å². The molecule has 2 aromatic carbocycles. The summed E-state index contributed by atoms with van der Waals surface area (Å²) in [5.74, 6) is -0.254. The molecule has 0 fully saturated rings. The molecule has 0 aromatic heterocycles. The lowest BCUT2D eigenvalue weighted by Crippen LogP contribution is -2.05. The first-order valence-corrected chi connectivity index (χ1v) is 7.00. The maximum absolute atomic E-state index is 12.1. The minimum absolute atomic E-state index is 0.254. The number of esters is 1. The van der Waals surface area contributed by atoms with Gasteiger partial charge in [0.15, 0.2) is 0 Å². The van der Waals surface area contributed by atoms with E-state index in [1.807, 2.05) is 6.07 Å². The van der Waals surface area contributed by atoms with E-state index in [-0.39, 0.29) is 5.97 Å². The van der Waals surface area contributed by atoms with E-state index in [1.165, 1.54) is 30.2 Å². The zero-order valence-electron chi connectivity index (χ0n) is 11.9. The number of aryl methyl sites for hydroxylation is 3. The van der Waals surface area contributed by atoms with Crippen LogP contribution in [0.25, 0.3) is 11.1 Å². The highest BCUT2D eigenvalue weighted by Gasteiger charge is 2.19. The van der Waals surface area contributed by atoms with Crippen LogP contribution in [-0.4, -0.2) is 13.1 Å². The molecule has 0 amide bonds. The lowest BCUT2D eigenvalue weighted by atomic mass is 9.94. The predicted octanol–water partition coefficient (Wildman–Crippen LogP) is 3.94. The molecular formula is C18H18O2. The van der Waals surface area contributed by atoms with E-state index in [9.17, 15) is 4.79 Å². The molecule has 2 heteroatoms. The average molecular weight is 266 g/mol. The van der Waals surface area contributed by atoms with Gasteiger partial charge < -0.3 is 4.74 Å². The monoisotopic (exact) mass is 266 g/mol. The Morgan fingerprint density at radius 1 is 1.05 bits per heavy atom. The quantitative estimate of drug-likeness (QED) is 0.770. The van der Waals surface area contributed by atoms with Crippen LogP contribution in [0, 0.1) is 6.92 Å². The van der Waals surface area contributed by atoms with E-state index < -0.39 is 0 Å². The molecule has 102 valence electrons. The molecule has 0 atom stereocenters.